The second-order valence-electron chi connectivity index (χ2n) is 6.83. The molecule has 0 unspecified atom stereocenters. The first-order valence-corrected chi connectivity index (χ1v) is 9.22. The number of carbonyl (C=O) groups is 2. The standard InChI is InChI=1S/C19H19NO3S/c21-16(13-3-4-13)11-12-2-5-15-14(10-12)17(6-9-20-15)24-19(18(22)23)7-1-8-19/h2,5-6,9-10,13H,1,3-4,7-8,11H2,(H,22,23). The highest BCUT2D eigenvalue weighted by Gasteiger charge is 2.45. The monoisotopic (exact) mass is 341 g/mol. The van der Waals surface area contributed by atoms with Crippen molar-refractivity contribution in [2.45, 2.75) is 48.2 Å². The molecule has 1 heterocycles. The molecular formula is C19H19NO3S. The number of nitrogens with zero attached hydrogens (tertiary/aromatic N) is 1. The quantitative estimate of drug-likeness (QED) is 0.864. The number of pyridine rings is 1. The van der Waals surface area contributed by atoms with Gasteiger partial charge in [0, 0.05) is 28.8 Å². The topological polar surface area (TPSA) is 67.3 Å². The number of Topliss-reactive ketones (excluding diaryl/α,β-unsaturated/α-hetero) is 1. The average molecular weight is 341 g/mol. The molecule has 2 saturated carbocycles. The number of aromatic nitrogens is 1. The third kappa shape index (κ3) is 2.81. The van der Waals surface area contributed by atoms with E-state index in [0.29, 0.717) is 25.0 Å². The molecule has 2 aliphatic rings. The number of fused-ring (bicyclic) bond motifs is 1. The first-order chi connectivity index (χ1) is 11.6. The van der Waals surface area contributed by atoms with Crippen LogP contribution >= 0.6 is 11.8 Å². The Morgan fingerprint density at radius 1 is 1.25 bits per heavy atom. The van der Waals surface area contributed by atoms with Crippen LogP contribution in [0.3, 0.4) is 0 Å². The second kappa shape index (κ2) is 5.88. The number of thioether (sulfide) groups is 1. The van der Waals surface area contributed by atoms with Crippen molar-refractivity contribution < 1.29 is 14.7 Å². The lowest BCUT2D eigenvalue weighted by molar-refractivity contribution is -0.142. The van der Waals surface area contributed by atoms with E-state index < -0.39 is 10.7 Å². The molecule has 4 rings (SSSR count). The number of hydrogen-bond donors (Lipinski definition) is 1. The van der Waals surface area contributed by atoms with E-state index >= 15 is 0 Å². The molecule has 0 radical (unpaired) electrons. The first-order valence-electron chi connectivity index (χ1n) is 8.40. The molecule has 24 heavy (non-hydrogen) atoms. The van der Waals surface area contributed by atoms with E-state index in [2.05, 4.69) is 4.98 Å². The van der Waals surface area contributed by atoms with Crippen LogP contribution in [-0.4, -0.2) is 26.6 Å². The molecule has 0 aliphatic heterocycles. The van der Waals surface area contributed by atoms with Crippen molar-refractivity contribution in [1.82, 2.24) is 4.98 Å². The van der Waals surface area contributed by atoms with E-state index in [9.17, 15) is 14.7 Å². The van der Waals surface area contributed by atoms with Crippen LogP contribution in [0, 0.1) is 5.92 Å². The Hall–Kier alpha value is -1.88. The van der Waals surface area contributed by atoms with Crippen LogP contribution in [0.25, 0.3) is 10.9 Å². The highest BCUT2D eigenvalue weighted by molar-refractivity contribution is 8.01. The molecule has 4 nitrogen and oxygen atoms in total. The Balaban J connectivity index is 1.67. The van der Waals surface area contributed by atoms with Gasteiger partial charge in [0.2, 0.25) is 0 Å². The lowest BCUT2D eigenvalue weighted by Crippen LogP contribution is -2.41. The molecule has 2 aromatic rings. The lowest BCUT2D eigenvalue weighted by atomic mass is 9.84. The van der Waals surface area contributed by atoms with Crippen LogP contribution in [0.4, 0.5) is 0 Å². The highest BCUT2D eigenvalue weighted by atomic mass is 32.2. The van der Waals surface area contributed by atoms with Crippen molar-refractivity contribution >= 4 is 34.4 Å². The summed E-state index contributed by atoms with van der Waals surface area (Å²) in [6.07, 6.45) is 6.61. The molecule has 124 valence electrons. The Bertz CT molecular complexity index is 824. The number of hydrogen-bond acceptors (Lipinski definition) is 4. The fraction of sp³-hybridized carbons (Fsp3) is 0.421. The molecule has 1 aromatic heterocycles. The van der Waals surface area contributed by atoms with Gasteiger partial charge in [0.25, 0.3) is 0 Å². The van der Waals surface area contributed by atoms with Crippen LogP contribution in [-0.2, 0) is 16.0 Å². The smallest absolute Gasteiger partial charge is 0.320 e. The summed E-state index contributed by atoms with van der Waals surface area (Å²) in [6.45, 7) is 0. The first kappa shape index (κ1) is 15.6. The van der Waals surface area contributed by atoms with Crippen molar-refractivity contribution in [2.24, 2.45) is 5.92 Å². The zero-order valence-corrected chi connectivity index (χ0v) is 14.1. The van der Waals surface area contributed by atoms with Crippen LogP contribution in [0.1, 0.15) is 37.7 Å². The van der Waals surface area contributed by atoms with E-state index in [1.54, 1.807) is 6.20 Å². The van der Waals surface area contributed by atoms with Gasteiger partial charge in [0.1, 0.15) is 10.5 Å². The maximum atomic E-state index is 12.1. The maximum absolute atomic E-state index is 12.1. The predicted molar refractivity (Wildman–Crippen MR) is 93.3 cm³/mol. The van der Waals surface area contributed by atoms with E-state index in [-0.39, 0.29) is 5.92 Å². The molecule has 0 amide bonds. The van der Waals surface area contributed by atoms with Crippen molar-refractivity contribution in [3.8, 4) is 0 Å². The van der Waals surface area contributed by atoms with Crippen molar-refractivity contribution in [1.29, 1.82) is 0 Å². The number of carboxylic acid groups (broad SMARTS) is 1. The molecule has 1 N–H and O–H groups in total. The van der Waals surface area contributed by atoms with Gasteiger partial charge < -0.3 is 5.11 Å². The minimum Gasteiger partial charge on any atom is -0.480 e. The Morgan fingerprint density at radius 2 is 2.04 bits per heavy atom. The maximum Gasteiger partial charge on any atom is 0.320 e. The van der Waals surface area contributed by atoms with E-state index in [1.807, 2.05) is 24.3 Å². The third-order valence-electron chi connectivity index (χ3n) is 5.03. The number of carboxylic acids is 1. The minimum absolute atomic E-state index is 0.258. The SMILES string of the molecule is O=C(Cc1ccc2nccc(SC3(C(=O)O)CCC3)c2c1)C1CC1. The van der Waals surface area contributed by atoms with Crippen molar-refractivity contribution in [3.05, 3.63) is 36.0 Å². The number of rotatable bonds is 6. The predicted octanol–water partition coefficient (Wildman–Crippen LogP) is 3.86. The summed E-state index contributed by atoms with van der Waals surface area (Å²) in [4.78, 5) is 29.1. The molecular weight excluding hydrogens is 322 g/mol. The molecule has 2 fully saturated rings. The zero-order chi connectivity index (χ0) is 16.7. The van der Waals surface area contributed by atoms with Crippen LogP contribution in [0.5, 0.6) is 0 Å². The number of aliphatic carboxylic acids is 1. The number of benzene rings is 1. The van der Waals surface area contributed by atoms with Crippen LogP contribution in [0.2, 0.25) is 0 Å². The van der Waals surface area contributed by atoms with Gasteiger partial charge in [-0.3, -0.25) is 14.6 Å². The number of carbonyl (C=O) groups excluding carboxylic acids is 1. The van der Waals surface area contributed by atoms with Gasteiger partial charge in [-0.1, -0.05) is 6.07 Å². The fourth-order valence-corrected chi connectivity index (χ4v) is 4.59. The molecule has 0 saturated heterocycles. The minimum atomic E-state index is -0.733. The summed E-state index contributed by atoms with van der Waals surface area (Å²) in [6, 6.07) is 7.80. The van der Waals surface area contributed by atoms with Gasteiger partial charge in [0.05, 0.1) is 5.52 Å². The van der Waals surface area contributed by atoms with Gasteiger partial charge in [-0.25, -0.2) is 0 Å². The summed E-state index contributed by atoms with van der Waals surface area (Å²) < 4.78 is -0.700. The normalized spacial score (nSPS) is 19.0. The highest BCUT2D eigenvalue weighted by Crippen LogP contribution is 2.49. The summed E-state index contributed by atoms with van der Waals surface area (Å²) in [5.41, 5.74) is 1.84. The second-order valence-corrected chi connectivity index (χ2v) is 8.26. The van der Waals surface area contributed by atoms with Gasteiger partial charge in [-0.05, 0) is 55.9 Å². The third-order valence-corrected chi connectivity index (χ3v) is 6.58. The number of ketones is 1. The summed E-state index contributed by atoms with van der Waals surface area (Å²) in [5, 5.41) is 10.5. The molecule has 1 aromatic carbocycles. The van der Waals surface area contributed by atoms with Crippen LogP contribution < -0.4 is 0 Å². The van der Waals surface area contributed by atoms with Crippen molar-refractivity contribution in [3.63, 3.8) is 0 Å². The Morgan fingerprint density at radius 3 is 2.67 bits per heavy atom. The average Bonchev–Trinajstić information content (AvgIpc) is 3.35. The Kier molecular flexibility index (Phi) is 3.83. The van der Waals surface area contributed by atoms with E-state index in [0.717, 1.165) is 40.6 Å². The van der Waals surface area contributed by atoms with E-state index in [1.165, 1.54) is 11.8 Å². The van der Waals surface area contributed by atoms with Gasteiger partial charge in [0.15, 0.2) is 0 Å². The summed E-state index contributed by atoms with van der Waals surface area (Å²) in [5.74, 6) is -0.161. The zero-order valence-electron chi connectivity index (χ0n) is 13.3. The van der Waals surface area contributed by atoms with Gasteiger partial charge in [-0.2, -0.15) is 0 Å². The summed E-state index contributed by atoms with van der Waals surface area (Å²) >= 11 is 1.44. The molecule has 0 atom stereocenters. The van der Waals surface area contributed by atoms with Gasteiger partial charge in [-0.15, -0.1) is 11.8 Å². The molecule has 2 aliphatic carbocycles. The van der Waals surface area contributed by atoms with E-state index in [4.69, 9.17) is 0 Å². The molecule has 0 spiro atoms. The van der Waals surface area contributed by atoms with Crippen molar-refractivity contribution in [2.75, 3.05) is 0 Å². The lowest BCUT2D eigenvalue weighted by Gasteiger charge is -2.37. The van der Waals surface area contributed by atoms with Gasteiger partial charge >= 0.3 is 5.97 Å². The fourth-order valence-electron chi connectivity index (χ4n) is 3.19. The Labute approximate surface area is 144 Å². The molecule has 5 heteroatoms. The summed E-state index contributed by atoms with van der Waals surface area (Å²) in [7, 11) is 0. The molecule has 0 bridgehead atoms. The van der Waals surface area contributed by atoms with Crippen LogP contribution in [0.15, 0.2) is 35.4 Å². The largest absolute Gasteiger partial charge is 0.480 e.